The zero-order valence-electron chi connectivity index (χ0n) is 10.1. The van der Waals surface area contributed by atoms with E-state index in [0.29, 0.717) is 22.6 Å². The standard InChI is InChI=1S/C13H9F3N2OS/c1-2-11(19)17-9-5-3-8(4-6-9)10-7-20-12(18-10)13(14,15)16/h2-7H,1H2,(H,17,19). The predicted molar refractivity (Wildman–Crippen MR) is 71.4 cm³/mol. The molecule has 7 heteroatoms. The van der Waals surface area contributed by atoms with E-state index < -0.39 is 11.2 Å². The molecule has 1 aromatic heterocycles. The highest BCUT2D eigenvalue weighted by Crippen LogP contribution is 2.34. The number of benzene rings is 1. The van der Waals surface area contributed by atoms with Crippen LogP contribution in [0.4, 0.5) is 18.9 Å². The van der Waals surface area contributed by atoms with E-state index in [1.807, 2.05) is 0 Å². The Labute approximate surface area is 116 Å². The lowest BCUT2D eigenvalue weighted by Crippen LogP contribution is -2.06. The number of hydrogen-bond acceptors (Lipinski definition) is 3. The summed E-state index contributed by atoms with van der Waals surface area (Å²) in [6.07, 6.45) is -3.30. The Morgan fingerprint density at radius 2 is 1.95 bits per heavy atom. The molecule has 2 rings (SSSR count). The van der Waals surface area contributed by atoms with Gasteiger partial charge in [-0.2, -0.15) is 13.2 Å². The molecule has 0 aliphatic heterocycles. The lowest BCUT2D eigenvalue weighted by atomic mass is 10.1. The van der Waals surface area contributed by atoms with E-state index in [2.05, 4.69) is 16.9 Å². The molecule has 0 saturated carbocycles. The number of nitrogens with one attached hydrogen (secondary N) is 1. The van der Waals surface area contributed by atoms with Crippen LogP contribution in [0.25, 0.3) is 11.3 Å². The fourth-order valence-electron chi connectivity index (χ4n) is 1.45. The minimum Gasteiger partial charge on any atom is -0.323 e. The first kappa shape index (κ1) is 14.3. The summed E-state index contributed by atoms with van der Waals surface area (Å²) in [5.74, 6) is -0.356. The Balaban J connectivity index is 2.20. The number of carbonyl (C=O) groups is 1. The molecule has 0 atom stereocenters. The van der Waals surface area contributed by atoms with Crippen molar-refractivity contribution in [2.24, 2.45) is 0 Å². The van der Waals surface area contributed by atoms with Crippen LogP contribution in [0.15, 0.2) is 42.3 Å². The molecular formula is C13H9F3N2OS. The van der Waals surface area contributed by atoms with Crippen LogP contribution in [0, 0.1) is 0 Å². The summed E-state index contributed by atoms with van der Waals surface area (Å²) >= 11 is 0.551. The average Bonchev–Trinajstić information content (AvgIpc) is 2.89. The van der Waals surface area contributed by atoms with Crippen LogP contribution < -0.4 is 5.32 Å². The van der Waals surface area contributed by atoms with Gasteiger partial charge in [-0.1, -0.05) is 18.7 Å². The fraction of sp³-hybridized carbons (Fsp3) is 0.0769. The highest BCUT2D eigenvalue weighted by molar-refractivity contribution is 7.10. The van der Waals surface area contributed by atoms with Gasteiger partial charge in [-0.25, -0.2) is 4.98 Å². The molecule has 1 heterocycles. The van der Waals surface area contributed by atoms with Crippen LogP contribution in [0.3, 0.4) is 0 Å². The van der Waals surface area contributed by atoms with E-state index in [1.54, 1.807) is 24.3 Å². The summed E-state index contributed by atoms with van der Waals surface area (Å²) in [6, 6.07) is 6.36. The van der Waals surface area contributed by atoms with Gasteiger partial charge in [-0.05, 0) is 18.2 Å². The largest absolute Gasteiger partial charge is 0.443 e. The first-order valence-electron chi connectivity index (χ1n) is 5.47. The number of hydrogen-bond donors (Lipinski definition) is 1. The summed E-state index contributed by atoms with van der Waals surface area (Å²) in [7, 11) is 0. The first-order valence-corrected chi connectivity index (χ1v) is 6.34. The summed E-state index contributed by atoms with van der Waals surface area (Å²) in [4.78, 5) is 14.6. The molecule has 2 aromatic rings. The van der Waals surface area contributed by atoms with E-state index in [0.717, 1.165) is 6.08 Å². The molecule has 1 amide bonds. The van der Waals surface area contributed by atoms with Crippen molar-refractivity contribution in [1.82, 2.24) is 4.98 Å². The number of anilines is 1. The maximum atomic E-state index is 12.5. The monoisotopic (exact) mass is 298 g/mol. The lowest BCUT2D eigenvalue weighted by molar-refractivity contribution is -0.137. The molecule has 0 unspecified atom stereocenters. The quantitative estimate of drug-likeness (QED) is 0.872. The molecule has 0 aliphatic rings. The van der Waals surface area contributed by atoms with Crippen molar-refractivity contribution >= 4 is 22.9 Å². The van der Waals surface area contributed by atoms with Gasteiger partial charge in [0.1, 0.15) is 0 Å². The number of alkyl halides is 3. The van der Waals surface area contributed by atoms with Crippen molar-refractivity contribution in [2.75, 3.05) is 5.32 Å². The van der Waals surface area contributed by atoms with Gasteiger partial charge in [-0.15, -0.1) is 11.3 Å². The second kappa shape index (κ2) is 5.46. The fourth-order valence-corrected chi connectivity index (χ4v) is 2.15. The third kappa shape index (κ3) is 3.24. The van der Waals surface area contributed by atoms with Gasteiger partial charge in [0.15, 0.2) is 5.01 Å². The van der Waals surface area contributed by atoms with Gasteiger partial charge >= 0.3 is 6.18 Å². The zero-order valence-corrected chi connectivity index (χ0v) is 10.9. The van der Waals surface area contributed by atoms with Crippen molar-refractivity contribution in [1.29, 1.82) is 0 Å². The van der Waals surface area contributed by atoms with E-state index in [-0.39, 0.29) is 11.6 Å². The maximum absolute atomic E-state index is 12.5. The predicted octanol–water partition coefficient (Wildman–Crippen LogP) is 3.95. The van der Waals surface area contributed by atoms with Crippen molar-refractivity contribution in [3.63, 3.8) is 0 Å². The Kier molecular flexibility index (Phi) is 3.89. The van der Waals surface area contributed by atoms with Gasteiger partial charge in [-0.3, -0.25) is 4.79 Å². The number of amides is 1. The molecule has 1 aromatic carbocycles. The number of rotatable bonds is 3. The summed E-state index contributed by atoms with van der Waals surface area (Å²) in [5, 5.41) is 3.01. The van der Waals surface area contributed by atoms with Crippen LogP contribution in [-0.2, 0) is 11.0 Å². The topological polar surface area (TPSA) is 42.0 Å². The Hall–Kier alpha value is -2.15. The molecule has 20 heavy (non-hydrogen) atoms. The average molecular weight is 298 g/mol. The molecule has 0 saturated heterocycles. The van der Waals surface area contributed by atoms with Gasteiger partial charge in [0.05, 0.1) is 5.69 Å². The Morgan fingerprint density at radius 3 is 2.45 bits per heavy atom. The van der Waals surface area contributed by atoms with Gasteiger partial charge in [0.2, 0.25) is 5.91 Å². The smallest absolute Gasteiger partial charge is 0.323 e. The van der Waals surface area contributed by atoms with Crippen molar-refractivity contribution in [3.05, 3.63) is 47.3 Å². The van der Waals surface area contributed by atoms with E-state index in [9.17, 15) is 18.0 Å². The second-order valence-corrected chi connectivity index (χ2v) is 4.66. The van der Waals surface area contributed by atoms with Crippen LogP contribution >= 0.6 is 11.3 Å². The maximum Gasteiger partial charge on any atom is 0.443 e. The van der Waals surface area contributed by atoms with Crippen LogP contribution in [-0.4, -0.2) is 10.9 Å². The second-order valence-electron chi connectivity index (χ2n) is 3.81. The number of thiazole rings is 1. The van der Waals surface area contributed by atoms with Crippen molar-refractivity contribution in [3.8, 4) is 11.3 Å². The van der Waals surface area contributed by atoms with Gasteiger partial charge in [0.25, 0.3) is 0 Å². The first-order chi connectivity index (χ1) is 9.40. The van der Waals surface area contributed by atoms with Crippen LogP contribution in [0.2, 0.25) is 0 Å². The lowest BCUT2D eigenvalue weighted by Gasteiger charge is -2.03. The SMILES string of the molecule is C=CC(=O)Nc1ccc(-c2csc(C(F)(F)F)n2)cc1. The number of aromatic nitrogens is 1. The summed E-state index contributed by atoms with van der Waals surface area (Å²) in [6.45, 7) is 3.32. The molecular weight excluding hydrogens is 289 g/mol. The molecule has 0 bridgehead atoms. The molecule has 1 N–H and O–H groups in total. The molecule has 0 radical (unpaired) electrons. The highest BCUT2D eigenvalue weighted by atomic mass is 32.1. The third-order valence-corrected chi connectivity index (χ3v) is 3.27. The third-order valence-electron chi connectivity index (χ3n) is 2.38. The van der Waals surface area contributed by atoms with Crippen LogP contribution in [0.1, 0.15) is 5.01 Å². The minimum atomic E-state index is -4.43. The van der Waals surface area contributed by atoms with E-state index in [1.165, 1.54) is 5.38 Å². The van der Waals surface area contributed by atoms with Crippen molar-refractivity contribution in [2.45, 2.75) is 6.18 Å². The molecule has 0 fully saturated rings. The van der Waals surface area contributed by atoms with Crippen molar-refractivity contribution < 1.29 is 18.0 Å². The number of carbonyl (C=O) groups excluding carboxylic acids is 1. The molecule has 0 aliphatic carbocycles. The number of halogens is 3. The Bertz CT molecular complexity index is 632. The summed E-state index contributed by atoms with van der Waals surface area (Å²) in [5.41, 5.74) is 1.34. The van der Waals surface area contributed by atoms with E-state index >= 15 is 0 Å². The highest BCUT2D eigenvalue weighted by Gasteiger charge is 2.34. The van der Waals surface area contributed by atoms with E-state index in [4.69, 9.17) is 0 Å². The molecule has 104 valence electrons. The molecule has 0 spiro atoms. The van der Waals surface area contributed by atoms with Gasteiger partial charge < -0.3 is 5.32 Å². The minimum absolute atomic E-state index is 0.254. The van der Waals surface area contributed by atoms with Gasteiger partial charge in [0, 0.05) is 16.6 Å². The van der Waals surface area contributed by atoms with Crippen LogP contribution in [0.5, 0.6) is 0 Å². The zero-order chi connectivity index (χ0) is 14.8. The normalized spacial score (nSPS) is 11.2. The molecule has 3 nitrogen and oxygen atoms in total. The number of nitrogens with zero attached hydrogens (tertiary/aromatic N) is 1. The summed E-state index contributed by atoms with van der Waals surface area (Å²) < 4.78 is 37.4. The Morgan fingerprint density at radius 1 is 1.30 bits per heavy atom.